The van der Waals surface area contributed by atoms with E-state index in [-0.39, 0.29) is 36.8 Å². The van der Waals surface area contributed by atoms with Gasteiger partial charge in [-0.05, 0) is 39.3 Å². The van der Waals surface area contributed by atoms with Crippen molar-refractivity contribution in [2.45, 2.75) is 44.2 Å². The Kier molecular flexibility index (Phi) is 8.95. The van der Waals surface area contributed by atoms with Crippen LogP contribution in [0.25, 0.3) is 0 Å². The van der Waals surface area contributed by atoms with E-state index in [4.69, 9.17) is 0 Å². The summed E-state index contributed by atoms with van der Waals surface area (Å²) in [6, 6.07) is 0.838. The van der Waals surface area contributed by atoms with Crippen molar-refractivity contribution in [1.82, 2.24) is 15.5 Å². The number of nitrogens with zero attached hydrogens (tertiary/aromatic N) is 1. The molecule has 1 saturated carbocycles. The Morgan fingerprint density at radius 3 is 2.56 bits per heavy atom. The number of piperidine rings is 1. The second kappa shape index (κ2) is 8.97. The van der Waals surface area contributed by atoms with Gasteiger partial charge < -0.3 is 15.5 Å². The van der Waals surface area contributed by atoms with Crippen LogP contribution in [0, 0.1) is 0 Å². The summed E-state index contributed by atoms with van der Waals surface area (Å²) >= 11 is 0. The quantitative estimate of drug-likeness (QED) is 0.801. The molecule has 1 atom stereocenters. The van der Waals surface area contributed by atoms with Gasteiger partial charge in [0.15, 0.2) is 0 Å². The SMILES string of the molecule is CN(CCNC(=O)[C@H]1CCCCN1)C1CC1.Cl.Cl. The van der Waals surface area contributed by atoms with Crippen molar-refractivity contribution in [1.29, 1.82) is 0 Å². The molecule has 0 radical (unpaired) electrons. The first kappa shape index (κ1) is 18.0. The first-order valence-corrected chi connectivity index (χ1v) is 6.48. The lowest BCUT2D eigenvalue weighted by atomic mass is 10.0. The Hall–Kier alpha value is -0.0300. The van der Waals surface area contributed by atoms with Crippen LogP contribution in [-0.4, -0.2) is 49.6 Å². The number of nitrogens with one attached hydrogen (secondary N) is 2. The van der Waals surface area contributed by atoms with Crippen molar-refractivity contribution in [2.24, 2.45) is 0 Å². The number of amides is 1. The van der Waals surface area contributed by atoms with Gasteiger partial charge in [0, 0.05) is 19.1 Å². The topological polar surface area (TPSA) is 44.4 Å². The zero-order valence-corrected chi connectivity index (χ0v) is 12.6. The van der Waals surface area contributed by atoms with Gasteiger partial charge in [0.2, 0.25) is 5.91 Å². The van der Waals surface area contributed by atoms with Crippen LogP contribution in [0.1, 0.15) is 32.1 Å². The molecule has 2 rings (SSSR count). The van der Waals surface area contributed by atoms with Gasteiger partial charge >= 0.3 is 0 Å². The van der Waals surface area contributed by atoms with E-state index in [0.29, 0.717) is 0 Å². The molecular weight excluding hydrogens is 273 g/mol. The van der Waals surface area contributed by atoms with Gasteiger partial charge in [-0.15, -0.1) is 24.8 Å². The van der Waals surface area contributed by atoms with Crippen LogP contribution >= 0.6 is 24.8 Å². The van der Waals surface area contributed by atoms with E-state index in [9.17, 15) is 4.79 Å². The minimum absolute atomic E-state index is 0. The summed E-state index contributed by atoms with van der Waals surface area (Å²) in [6.45, 7) is 2.74. The molecule has 1 aliphatic carbocycles. The second-order valence-electron chi connectivity index (χ2n) is 5.01. The van der Waals surface area contributed by atoms with Crippen molar-refractivity contribution in [2.75, 3.05) is 26.7 Å². The van der Waals surface area contributed by atoms with Crippen molar-refractivity contribution in [3.8, 4) is 0 Å². The van der Waals surface area contributed by atoms with Gasteiger partial charge in [0.1, 0.15) is 0 Å². The normalized spacial score (nSPS) is 22.9. The Bertz CT molecular complexity index is 243. The van der Waals surface area contributed by atoms with Crippen molar-refractivity contribution in [3.05, 3.63) is 0 Å². The average molecular weight is 298 g/mol. The van der Waals surface area contributed by atoms with Crippen LogP contribution < -0.4 is 10.6 Å². The second-order valence-corrected chi connectivity index (χ2v) is 5.01. The number of hydrogen-bond donors (Lipinski definition) is 2. The largest absolute Gasteiger partial charge is 0.353 e. The molecule has 0 bridgehead atoms. The molecule has 2 aliphatic rings. The van der Waals surface area contributed by atoms with E-state index >= 15 is 0 Å². The first-order chi connectivity index (χ1) is 7.77. The van der Waals surface area contributed by atoms with E-state index in [0.717, 1.165) is 32.1 Å². The van der Waals surface area contributed by atoms with Crippen molar-refractivity contribution >= 4 is 30.7 Å². The average Bonchev–Trinajstić information content (AvgIpc) is 3.14. The zero-order chi connectivity index (χ0) is 11.4. The summed E-state index contributed by atoms with van der Waals surface area (Å²) in [5.74, 6) is 0.184. The third-order valence-corrected chi connectivity index (χ3v) is 3.56. The van der Waals surface area contributed by atoms with Crippen LogP contribution in [0.4, 0.5) is 0 Å². The molecule has 18 heavy (non-hydrogen) atoms. The predicted octanol–water partition coefficient (Wildman–Crippen LogP) is 1.18. The van der Waals surface area contributed by atoms with Crippen LogP contribution in [0.3, 0.4) is 0 Å². The fraction of sp³-hybridized carbons (Fsp3) is 0.917. The third kappa shape index (κ3) is 5.74. The van der Waals surface area contributed by atoms with Crippen LogP contribution in [0.5, 0.6) is 0 Å². The highest BCUT2D eigenvalue weighted by Crippen LogP contribution is 2.24. The molecule has 0 aromatic carbocycles. The van der Waals surface area contributed by atoms with E-state index < -0.39 is 0 Å². The lowest BCUT2D eigenvalue weighted by Gasteiger charge is -2.23. The monoisotopic (exact) mass is 297 g/mol. The lowest BCUT2D eigenvalue weighted by Crippen LogP contribution is -2.48. The highest BCUT2D eigenvalue weighted by Gasteiger charge is 2.26. The van der Waals surface area contributed by atoms with Gasteiger partial charge in [0.25, 0.3) is 0 Å². The Labute approximate surface area is 122 Å². The number of halogens is 2. The number of rotatable bonds is 5. The van der Waals surface area contributed by atoms with Gasteiger partial charge in [-0.25, -0.2) is 0 Å². The first-order valence-electron chi connectivity index (χ1n) is 6.48. The number of carbonyl (C=O) groups is 1. The molecule has 6 heteroatoms. The number of hydrogen-bond acceptors (Lipinski definition) is 3. The molecule has 0 aromatic heterocycles. The molecule has 2 fully saturated rings. The fourth-order valence-corrected chi connectivity index (χ4v) is 2.25. The minimum Gasteiger partial charge on any atom is -0.353 e. The fourth-order valence-electron chi connectivity index (χ4n) is 2.25. The summed E-state index contributed by atoms with van der Waals surface area (Å²) in [7, 11) is 2.14. The maximum atomic E-state index is 11.8. The van der Waals surface area contributed by atoms with E-state index in [1.807, 2.05) is 0 Å². The number of carbonyl (C=O) groups excluding carboxylic acids is 1. The molecule has 0 spiro atoms. The van der Waals surface area contributed by atoms with Gasteiger partial charge in [-0.3, -0.25) is 4.79 Å². The minimum atomic E-state index is 0. The molecule has 1 heterocycles. The maximum Gasteiger partial charge on any atom is 0.237 e. The molecule has 108 valence electrons. The molecular formula is C12H25Cl2N3O. The molecule has 0 aromatic rings. The van der Waals surface area contributed by atoms with Gasteiger partial charge in [-0.1, -0.05) is 6.42 Å². The van der Waals surface area contributed by atoms with E-state index in [1.165, 1.54) is 25.7 Å². The summed E-state index contributed by atoms with van der Waals surface area (Å²) < 4.78 is 0. The summed E-state index contributed by atoms with van der Waals surface area (Å²) in [6.07, 6.45) is 6.02. The van der Waals surface area contributed by atoms with Crippen LogP contribution in [0.15, 0.2) is 0 Å². The summed E-state index contributed by atoms with van der Waals surface area (Å²) in [5.41, 5.74) is 0. The summed E-state index contributed by atoms with van der Waals surface area (Å²) in [4.78, 5) is 14.1. The summed E-state index contributed by atoms with van der Waals surface area (Å²) in [5, 5.41) is 6.29. The molecule has 1 amide bonds. The van der Waals surface area contributed by atoms with Crippen molar-refractivity contribution in [3.63, 3.8) is 0 Å². The van der Waals surface area contributed by atoms with Gasteiger partial charge in [-0.2, -0.15) is 0 Å². The molecule has 1 saturated heterocycles. The molecule has 0 unspecified atom stereocenters. The van der Waals surface area contributed by atoms with Crippen molar-refractivity contribution < 1.29 is 4.79 Å². The number of likely N-dealkylation sites (N-methyl/N-ethyl adjacent to an activating group) is 1. The third-order valence-electron chi connectivity index (χ3n) is 3.56. The standard InChI is InChI=1S/C12H23N3O.2ClH/c1-15(10-5-6-10)9-8-14-12(16)11-4-2-3-7-13-11;;/h10-11,13H,2-9H2,1H3,(H,14,16);2*1H/t11-;;/m1../s1. The highest BCUT2D eigenvalue weighted by atomic mass is 35.5. The molecule has 4 nitrogen and oxygen atoms in total. The Morgan fingerprint density at radius 1 is 1.28 bits per heavy atom. The maximum absolute atomic E-state index is 11.8. The smallest absolute Gasteiger partial charge is 0.237 e. The van der Waals surface area contributed by atoms with E-state index in [1.54, 1.807) is 0 Å². The van der Waals surface area contributed by atoms with Crippen LogP contribution in [0.2, 0.25) is 0 Å². The molecule has 1 aliphatic heterocycles. The predicted molar refractivity (Wildman–Crippen MR) is 78.8 cm³/mol. The van der Waals surface area contributed by atoms with E-state index in [2.05, 4.69) is 22.6 Å². The van der Waals surface area contributed by atoms with Crippen LogP contribution in [-0.2, 0) is 4.79 Å². The Balaban J connectivity index is 0.00000144. The zero-order valence-electron chi connectivity index (χ0n) is 11.0. The highest BCUT2D eigenvalue weighted by molar-refractivity contribution is 5.85. The Morgan fingerprint density at radius 2 is 2.00 bits per heavy atom. The van der Waals surface area contributed by atoms with Gasteiger partial charge in [0.05, 0.1) is 6.04 Å². The lowest BCUT2D eigenvalue weighted by molar-refractivity contribution is -0.123. The molecule has 2 N–H and O–H groups in total.